The molecule has 77 heavy (non-hydrogen) atoms. The molecular formula is C72H72BN3O. The molecule has 12 rings (SSSR count). The summed E-state index contributed by atoms with van der Waals surface area (Å²) in [7, 11) is 0. The van der Waals surface area contributed by atoms with Crippen molar-refractivity contribution in [3.63, 3.8) is 0 Å². The molecule has 4 nitrogen and oxygen atoms in total. The maximum atomic E-state index is 7.20. The standard InChI is InChI=1S/C72H72BN3O/c1-45-21-17-23-51(39-45)74(52-24-18-22-46(2)40-52)53-43-64-66-65(44-53)76(61-30-16-15-25-54(61)55-26-19-27-56-57-28-20-29-58(72(12,13)14)68(57)77-67(55)56)63-38-34-49(71(9,10)11)42-60(63)73(66)59-41-48(70(6,7)8)33-37-62(59)75(64)50-35-31-47(32-36-50)69(3,4)5/h15-44H,1-14H3. The Hall–Kier alpha value is -7.76. The van der Waals surface area contributed by atoms with E-state index in [1.807, 2.05) is 0 Å². The van der Waals surface area contributed by atoms with Gasteiger partial charge >= 0.3 is 0 Å². The van der Waals surface area contributed by atoms with Crippen molar-refractivity contribution in [2.24, 2.45) is 0 Å². The molecule has 3 heterocycles. The van der Waals surface area contributed by atoms with Gasteiger partial charge in [0.1, 0.15) is 11.2 Å². The van der Waals surface area contributed by atoms with Crippen molar-refractivity contribution in [1.82, 2.24) is 0 Å². The van der Waals surface area contributed by atoms with E-state index < -0.39 is 0 Å². The SMILES string of the molecule is Cc1cccc(N(c2cccc(C)c2)c2cc3c4c(c2)N(c2ccccc2-c2cccc5c2oc2c(C(C)(C)C)cccc25)c2ccc(C(C)(C)C)cc2B4c2cc(C(C)(C)C)ccc2N3c2ccc(C(C)(C)C)cc2)c1. The van der Waals surface area contributed by atoms with Crippen LogP contribution in [0.2, 0.25) is 0 Å². The molecular weight excluding hydrogens is 934 g/mol. The Bertz CT molecular complexity index is 3920. The number of aryl methyl sites for hydroxylation is 2. The molecule has 1 aromatic heterocycles. The van der Waals surface area contributed by atoms with E-state index in [1.54, 1.807) is 0 Å². The molecule has 2 aliphatic heterocycles. The zero-order valence-corrected chi connectivity index (χ0v) is 47.6. The lowest BCUT2D eigenvalue weighted by molar-refractivity contribution is 0.573. The Morgan fingerprint density at radius 2 is 0.870 bits per heavy atom. The molecule has 0 radical (unpaired) electrons. The normalized spacial score (nSPS) is 13.5. The van der Waals surface area contributed by atoms with Crippen molar-refractivity contribution in [3.05, 3.63) is 215 Å². The van der Waals surface area contributed by atoms with Gasteiger partial charge in [0.25, 0.3) is 6.71 Å². The van der Waals surface area contributed by atoms with Crippen LogP contribution in [-0.4, -0.2) is 6.71 Å². The van der Waals surface area contributed by atoms with E-state index in [0.717, 1.165) is 72.9 Å². The molecule has 0 saturated carbocycles. The van der Waals surface area contributed by atoms with Gasteiger partial charge in [-0.2, -0.15) is 0 Å². The predicted octanol–water partition coefficient (Wildman–Crippen LogP) is 18.6. The second kappa shape index (κ2) is 17.9. The molecule has 0 bridgehead atoms. The molecule has 0 unspecified atom stereocenters. The molecule has 0 spiro atoms. The molecule has 5 heteroatoms. The van der Waals surface area contributed by atoms with Crippen molar-refractivity contribution in [2.45, 2.75) is 119 Å². The Morgan fingerprint density at radius 3 is 1.43 bits per heavy atom. The maximum absolute atomic E-state index is 7.20. The number of benzene rings is 9. The number of hydrogen-bond donors (Lipinski definition) is 0. The lowest BCUT2D eigenvalue weighted by Gasteiger charge is -2.46. The highest BCUT2D eigenvalue weighted by Crippen LogP contribution is 2.52. The van der Waals surface area contributed by atoms with Crippen molar-refractivity contribution in [3.8, 4) is 11.1 Å². The summed E-state index contributed by atoms with van der Waals surface area (Å²) in [6, 6.07) is 69.3. The number of para-hydroxylation sites is 3. The lowest BCUT2D eigenvalue weighted by atomic mass is 9.33. The van der Waals surface area contributed by atoms with Gasteiger partial charge in [-0.25, -0.2) is 0 Å². The van der Waals surface area contributed by atoms with Crippen LogP contribution in [0.1, 0.15) is 116 Å². The molecule has 10 aromatic rings. The average Bonchev–Trinajstić information content (AvgIpc) is 3.94. The summed E-state index contributed by atoms with van der Waals surface area (Å²) < 4.78 is 7.20. The van der Waals surface area contributed by atoms with E-state index >= 15 is 0 Å². The largest absolute Gasteiger partial charge is 0.455 e. The maximum Gasteiger partial charge on any atom is 0.252 e. The second-order valence-corrected chi connectivity index (χ2v) is 26.1. The fourth-order valence-corrected chi connectivity index (χ4v) is 12.2. The predicted molar refractivity (Wildman–Crippen MR) is 332 cm³/mol. The average molecular weight is 1010 g/mol. The van der Waals surface area contributed by atoms with E-state index in [9.17, 15) is 0 Å². The lowest BCUT2D eigenvalue weighted by Crippen LogP contribution is -2.61. The number of nitrogens with zero attached hydrogens (tertiary/aromatic N) is 3. The molecule has 384 valence electrons. The molecule has 0 atom stereocenters. The minimum absolute atomic E-state index is 0.00377. The van der Waals surface area contributed by atoms with Gasteiger partial charge in [0.05, 0.1) is 11.4 Å². The van der Waals surface area contributed by atoms with E-state index in [1.165, 1.54) is 61.1 Å². The number of fused-ring (bicyclic) bond motifs is 7. The monoisotopic (exact) mass is 1010 g/mol. The van der Waals surface area contributed by atoms with Crippen LogP contribution in [0.25, 0.3) is 33.1 Å². The van der Waals surface area contributed by atoms with Crippen LogP contribution in [0.3, 0.4) is 0 Å². The Labute approximate surface area is 458 Å². The van der Waals surface area contributed by atoms with Gasteiger partial charge in [0.15, 0.2) is 0 Å². The minimum atomic E-state index is -0.102. The molecule has 0 fully saturated rings. The summed E-state index contributed by atoms with van der Waals surface area (Å²) in [5, 5.41) is 2.27. The van der Waals surface area contributed by atoms with Crippen molar-refractivity contribution in [2.75, 3.05) is 14.7 Å². The first-order chi connectivity index (χ1) is 36.5. The summed E-state index contributed by atoms with van der Waals surface area (Å²) in [6.45, 7) is 32.1. The molecule has 0 N–H and O–H groups in total. The van der Waals surface area contributed by atoms with Crippen LogP contribution in [0.4, 0.5) is 51.2 Å². The Balaban J connectivity index is 1.23. The fraction of sp³-hybridized carbons (Fsp3) is 0.250. The van der Waals surface area contributed by atoms with Crippen LogP contribution in [-0.2, 0) is 21.7 Å². The summed E-state index contributed by atoms with van der Waals surface area (Å²) >= 11 is 0. The summed E-state index contributed by atoms with van der Waals surface area (Å²) in [6.07, 6.45) is 0. The van der Waals surface area contributed by atoms with Crippen molar-refractivity contribution < 1.29 is 4.42 Å². The number of rotatable bonds is 6. The van der Waals surface area contributed by atoms with Gasteiger partial charge in [-0.3, -0.25) is 0 Å². The Morgan fingerprint density at radius 1 is 0.377 bits per heavy atom. The third-order valence-electron chi connectivity index (χ3n) is 16.3. The Kier molecular flexibility index (Phi) is 11.7. The molecule has 0 saturated heterocycles. The van der Waals surface area contributed by atoms with Crippen molar-refractivity contribution >= 4 is 96.2 Å². The first-order valence-electron chi connectivity index (χ1n) is 27.7. The van der Waals surface area contributed by atoms with Crippen molar-refractivity contribution in [1.29, 1.82) is 0 Å². The minimum Gasteiger partial charge on any atom is -0.455 e. The van der Waals surface area contributed by atoms with Crippen LogP contribution in [0, 0.1) is 13.8 Å². The smallest absolute Gasteiger partial charge is 0.252 e. The quantitative estimate of drug-likeness (QED) is 0.155. The summed E-state index contributed by atoms with van der Waals surface area (Å²) in [5.41, 5.74) is 25.4. The van der Waals surface area contributed by atoms with E-state index in [4.69, 9.17) is 4.42 Å². The highest BCUT2D eigenvalue weighted by molar-refractivity contribution is 7.00. The number of furan rings is 1. The van der Waals surface area contributed by atoms with Gasteiger partial charge in [-0.1, -0.05) is 198 Å². The topological polar surface area (TPSA) is 22.9 Å². The summed E-state index contributed by atoms with van der Waals surface area (Å²) in [4.78, 5) is 7.64. The van der Waals surface area contributed by atoms with Crippen LogP contribution < -0.4 is 31.1 Å². The number of anilines is 9. The third kappa shape index (κ3) is 8.54. The fourth-order valence-electron chi connectivity index (χ4n) is 12.2. The summed E-state index contributed by atoms with van der Waals surface area (Å²) in [5.74, 6) is 0. The highest BCUT2D eigenvalue weighted by Gasteiger charge is 2.45. The van der Waals surface area contributed by atoms with Crippen LogP contribution in [0.5, 0.6) is 0 Å². The number of hydrogen-bond acceptors (Lipinski definition) is 4. The van der Waals surface area contributed by atoms with E-state index in [-0.39, 0.29) is 28.4 Å². The van der Waals surface area contributed by atoms with Gasteiger partial charge in [-0.05, 0) is 146 Å². The zero-order chi connectivity index (χ0) is 54.1. The van der Waals surface area contributed by atoms with Crippen LogP contribution >= 0.6 is 0 Å². The highest BCUT2D eigenvalue weighted by atomic mass is 16.3. The van der Waals surface area contributed by atoms with E-state index in [0.29, 0.717) is 0 Å². The second-order valence-electron chi connectivity index (χ2n) is 26.1. The van der Waals surface area contributed by atoms with Gasteiger partial charge in [0.2, 0.25) is 0 Å². The molecule has 0 aliphatic carbocycles. The first-order valence-corrected chi connectivity index (χ1v) is 27.7. The van der Waals surface area contributed by atoms with Gasteiger partial charge in [-0.15, -0.1) is 0 Å². The third-order valence-corrected chi connectivity index (χ3v) is 16.3. The molecule has 9 aromatic carbocycles. The van der Waals surface area contributed by atoms with Gasteiger partial charge in [0, 0.05) is 67.3 Å². The first kappa shape index (κ1) is 50.1. The molecule has 2 aliphatic rings. The molecule has 0 amide bonds. The van der Waals surface area contributed by atoms with Gasteiger partial charge < -0.3 is 19.1 Å². The zero-order valence-electron chi connectivity index (χ0n) is 47.6. The van der Waals surface area contributed by atoms with Crippen LogP contribution in [0.15, 0.2) is 186 Å². The van der Waals surface area contributed by atoms with E-state index in [2.05, 4.69) is 294 Å².